The summed E-state index contributed by atoms with van der Waals surface area (Å²) < 4.78 is 1.17. The molecule has 0 aliphatic carbocycles. The highest BCUT2D eigenvalue weighted by molar-refractivity contribution is 9.10. The van der Waals surface area contributed by atoms with Crippen LogP contribution in [0.3, 0.4) is 0 Å². The van der Waals surface area contributed by atoms with Crippen LogP contribution in [0.5, 0.6) is 0 Å². The summed E-state index contributed by atoms with van der Waals surface area (Å²) in [5.41, 5.74) is 1.61. The van der Waals surface area contributed by atoms with Crippen LogP contribution in [0.15, 0.2) is 28.7 Å². The molecule has 0 aliphatic rings. The van der Waals surface area contributed by atoms with Gasteiger partial charge in [-0.3, -0.25) is 0 Å². The summed E-state index contributed by atoms with van der Waals surface area (Å²) in [5, 5.41) is 3.63. The van der Waals surface area contributed by atoms with Gasteiger partial charge in [0.1, 0.15) is 0 Å². The number of nitrogens with one attached hydrogen (secondary N) is 1. The number of rotatable bonds is 5. The van der Waals surface area contributed by atoms with E-state index in [0.717, 1.165) is 12.5 Å². The lowest BCUT2D eigenvalue weighted by Crippen LogP contribution is -2.38. The fraction of sp³-hybridized carbons (Fsp3) is 0.625. The molecule has 0 saturated carbocycles. The molecule has 1 aromatic rings. The monoisotopic (exact) mass is 311 g/mol. The van der Waals surface area contributed by atoms with Crippen LogP contribution in [0.1, 0.15) is 52.5 Å². The average molecular weight is 312 g/mol. The van der Waals surface area contributed by atoms with Crippen molar-refractivity contribution in [3.8, 4) is 0 Å². The molecule has 1 N–H and O–H groups in total. The number of halogens is 1. The topological polar surface area (TPSA) is 12.0 Å². The summed E-state index contributed by atoms with van der Waals surface area (Å²) in [5.74, 6) is 1.30. The molecule has 102 valence electrons. The first kappa shape index (κ1) is 15.7. The van der Waals surface area contributed by atoms with Crippen molar-refractivity contribution in [2.45, 2.75) is 52.5 Å². The molecule has 0 radical (unpaired) electrons. The minimum absolute atomic E-state index is 0.182. The SMILES string of the molecule is CC(C)CC(CNC(C)(C)C)c1cccc(Br)c1. The third-order valence-corrected chi connectivity index (χ3v) is 3.45. The molecule has 1 atom stereocenters. The molecule has 0 saturated heterocycles. The van der Waals surface area contributed by atoms with Crippen LogP contribution in [0.25, 0.3) is 0 Å². The number of benzene rings is 1. The van der Waals surface area contributed by atoms with Crippen LogP contribution in [0, 0.1) is 5.92 Å². The fourth-order valence-electron chi connectivity index (χ4n) is 2.10. The normalized spacial score (nSPS) is 13.9. The molecule has 1 nitrogen and oxygen atoms in total. The molecule has 0 amide bonds. The van der Waals surface area contributed by atoms with Crippen molar-refractivity contribution in [1.82, 2.24) is 5.32 Å². The van der Waals surface area contributed by atoms with E-state index < -0.39 is 0 Å². The van der Waals surface area contributed by atoms with Gasteiger partial charge in [-0.1, -0.05) is 41.9 Å². The zero-order chi connectivity index (χ0) is 13.8. The van der Waals surface area contributed by atoms with Gasteiger partial charge in [-0.05, 0) is 56.7 Å². The van der Waals surface area contributed by atoms with E-state index in [1.54, 1.807) is 0 Å². The van der Waals surface area contributed by atoms with E-state index in [2.05, 4.69) is 80.1 Å². The Balaban J connectivity index is 2.78. The Morgan fingerprint density at radius 2 is 1.89 bits per heavy atom. The Morgan fingerprint density at radius 1 is 1.22 bits per heavy atom. The smallest absolute Gasteiger partial charge is 0.0178 e. The van der Waals surface area contributed by atoms with Crippen molar-refractivity contribution in [3.05, 3.63) is 34.3 Å². The van der Waals surface area contributed by atoms with Crippen molar-refractivity contribution in [3.63, 3.8) is 0 Å². The second kappa shape index (κ2) is 6.72. The molecule has 2 heteroatoms. The largest absolute Gasteiger partial charge is 0.311 e. The second-order valence-electron chi connectivity index (χ2n) is 6.51. The number of hydrogen-bond donors (Lipinski definition) is 1. The summed E-state index contributed by atoms with van der Waals surface area (Å²) in [6.07, 6.45) is 1.22. The van der Waals surface area contributed by atoms with Gasteiger partial charge in [0.2, 0.25) is 0 Å². The lowest BCUT2D eigenvalue weighted by Gasteiger charge is -2.26. The van der Waals surface area contributed by atoms with Crippen LogP contribution >= 0.6 is 15.9 Å². The maximum atomic E-state index is 3.63. The van der Waals surface area contributed by atoms with Crippen molar-refractivity contribution in [1.29, 1.82) is 0 Å². The third kappa shape index (κ3) is 6.01. The van der Waals surface area contributed by atoms with E-state index in [4.69, 9.17) is 0 Å². The molecule has 18 heavy (non-hydrogen) atoms. The Morgan fingerprint density at radius 3 is 2.39 bits per heavy atom. The fourth-order valence-corrected chi connectivity index (χ4v) is 2.51. The highest BCUT2D eigenvalue weighted by Crippen LogP contribution is 2.26. The van der Waals surface area contributed by atoms with Gasteiger partial charge in [0.25, 0.3) is 0 Å². The predicted molar refractivity (Wildman–Crippen MR) is 84.1 cm³/mol. The molecule has 0 fully saturated rings. The van der Waals surface area contributed by atoms with Gasteiger partial charge in [0, 0.05) is 16.6 Å². The third-order valence-electron chi connectivity index (χ3n) is 2.95. The summed E-state index contributed by atoms with van der Waals surface area (Å²) in [4.78, 5) is 0. The first-order valence-corrected chi connectivity index (χ1v) is 7.58. The first-order valence-electron chi connectivity index (χ1n) is 6.78. The maximum absolute atomic E-state index is 3.63. The van der Waals surface area contributed by atoms with E-state index in [-0.39, 0.29) is 5.54 Å². The Labute approximate surface area is 120 Å². The van der Waals surface area contributed by atoms with Crippen LogP contribution in [-0.4, -0.2) is 12.1 Å². The molecule has 0 heterocycles. The van der Waals surface area contributed by atoms with Crippen LogP contribution in [0.4, 0.5) is 0 Å². The van der Waals surface area contributed by atoms with E-state index in [1.807, 2.05) is 0 Å². The Hall–Kier alpha value is -0.340. The van der Waals surface area contributed by atoms with E-state index in [0.29, 0.717) is 5.92 Å². The number of hydrogen-bond acceptors (Lipinski definition) is 1. The molecule has 0 aromatic heterocycles. The summed E-state index contributed by atoms with van der Waals surface area (Å²) in [6.45, 7) is 12.3. The van der Waals surface area contributed by atoms with Crippen LogP contribution < -0.4 is 5.32 Å². The highest BCUT2D eigenvalue weighted by Gasteiger charge is 2.17. The first-order chi connectivity index (χ1) is 8.28. The zero-order valence-electron chi connectivity index (χ0n) is 12.3. The average Bonchev–Trinajstić information content (AvgIpc) is 2.22. The van der Waals surface area contributed by atoms with E-state index >= 15 is 0 Å². The van der Waals surface area contributed by atoms with Gasteiger partial charge < -0.3 is 5.32 Å². The second-order valence-corrected chi connectivity index (χ2v) is 7.43. The van der Waals surface area contributed by atoms with Crippen molar-refractivity contribution in [2.24, 2.45) is 5.92 Å². The van der Waals surface area contributed by atoms with Gasteiger partial charge in [0.05, 0.1) is 0 Å². The molecule has 0 aliphatic heterocycles. The molecule has 0 spiro atoms. The molecule has 0 bridgehead atoms. The quantitative estimate of drug-likeness (QED) is 0.809. The predicted octanol–water partition coefficient (Wildman–Crippen LogP) is 4.97. The Kier molecular flexibility index (Phi) is 5.87. The summed E-state index contributed by atoms with van der Waals surface area (Å²) in [7, 11) is 0. The van der Waals surface area contributed by atoms with Gasteiger partial charge in [-0.25, -0.2) is 0 Å². The van der Waals surface area contributed by atoms with E-state index in [1.165, 1.54) is 16.5 Å². The lowest BCUT2D eigenvalue weighted by atomic mass is 9.89. The van der Waals surface area contributed by atoms with Crippen LogP contribution in [0.2, 0.25) is 0 Å². The lowest BCUT2D eigenvalue weighted by molar-refractivity contribution is 0.381. The van der Waals surface area contributed by atoms with Crippen molar-refractivity contribution in [2.75, 3.05) is 6.54 Å². The standard InChI is InChI=1S/C16H26BrN/c1-12(2)9-14(11-18-16(3,4)5)13-7-6-8-15(17)10-13/h6-8,10,12,14,18H,9,11H2,1-5H3. The van der Waals surface area contributed by atoms with Crippen LogP contribution in [-0.2, 0) is 0 Å². The molecule has 1 rings (SSSR count). The summed E-state index contributed by atoms with van der Waals surface area (Å²) in [6, 6.07) is 8.70. The van der Waals surface area contributed by atoms with Crippen molar-refractivity contribution < 1.29 is 0 Å². The summed E-state index contributed by atoms with van der Waals surface area (Å²) >= 11 is 3.57. The minimum atomic E-state index is 0.182. The highest BCUT2D eigenvalue weighted by atomic mass is 79.9. The molecule has 1 unspecified atom stereocenters. The van der Waals surface area contributed by atoms with Gasteiger partial charge in [-0.15, -0.1) is 0 Å². The molecule has 1 aromatic carbocycles. The van der Waals surface area contributed by atoms with Gasteiger partial charge in [0.15, 0.2) is 0 Å². The maximum Gasteiger partial charge on any atom is 0.0178 e. The van der Waals surface area contributed by atoms with E-state index in [9.17, 15) is 0 Å². The minimum Gasteiger partial charge on any atom is -0.311 e. The Bertz CT molecular complexity index is 366. The molecular weight excluding hydrogens is 286 g/mol. The zero-order valence-corrected chi connectivity index (χ0v) is 13.8. The molecular formula is C16H26BrN. The van der Waals surface area contributed by atoms with Crippen molar-refractivity contribution >= 4 is 15.9 Å². The van der Waals surface area contributed by atoms with Gasteiger partial charge in [-0.2, -0.15) is 0 Å². The van der Waals surface area contributed by atoms with Gasteiger partial charge >= 0.3 is 0 Å².